The summed E-state index contributed by atoms with van der Waals surface area (Å²) in [5.74, 6) is 0.720. The van der Waals surface area contributed by atoms with E-state index in [0.29, 0.717) is 22.1 Å². The maximum atomic E-state index is 12.2. The first-order chi connectivity index (χ1) is 10.1. The van der Waals surface area contributed by atoms with Crippen LogP contribution in [0, 0.1) is 6.92 Å². The van der Waals surface area contributed by atoms with Gasteiger partial charge in [0.05, 0.1) is 5.75 Å². The molecule has 0 atom stereocenters. The van der Waals surface area contributed by atoms with Crippen LogP contribution >= 0.6 is 23.4 Å². The molecule has 0 aliphatic carbocycles. The number of fused-ring (bicyclic) bond motifs is 1. The number of thioether (sulfide) groups is 1. The third-order valence-electron chi connectivity index (χ3n) is 3.11. The van der Waals surface area contributed by atoms with Crippen LogP contribution < -0.4 is 0 Å². The Kier molecular flexibility index (Phi) is 4.04. The molecule has 0 saturated heterocycles. The Hall–Kier alpha value is -1.71. The second-order valence-corrected chi connectivity index (χ2v) is 6.31. The van der Waals surface area contributed by atoms with E-state index in [4.69, 9.17) is 16.0 Å². The molecule has 0 bridgehead atoms. The maximum absolute atomic E-state index is 12.2. The molecule has 0 aliphatic rings. The second kappa shape index (κ2) is 5.96. The average Bonchev–Trinajstić information content (AvgIpc) is 2.88. The normalized spacial score (nSPS) is 11.0. The number of Topliss-reactive ketones (excluding diaryl/α,β-unsaturated/α-hetero) is 1. The topological polar surface area (TPSA) is 30.2 Å². The van der Waals surface area contributed by atoms with Gasteiger partial charge in [0.25, 0.3) is 0 Å². The van der Waals surface area contributed by atoms with Crippen molar-refractivity contribution in [1.29, 1.82) is 0 Å². The molecule has 1 aromatic heterocycles. The molecular weight excluding hydrogens is 304 g/mol. The number of furan rings is 1. The summed E-state index contributed by atoms with van der Waals surface area (Å²) in [5.41, 5.74) is 1.87. The molecule has 0 saturated carbocycles. The summed E-state index contributed by atoms with van der Waals surface area (Å²) in [4.78, 5) is 13.3. The van der Waals surface area contributed by atoms with Gasteiger partial charge in [0, 0.05) is 15.3 Å². The van der Waals surface area contributed by atoms with Crippen LogP contribution in [0.1, 0.15) is 16.1 Å². The molecule has 0 spiro atoms. The van der Waals surface area contributed by atoms with Crippen molar-refractivity contribution in [3.8, 4) is 0 Å². The number of aryl methyl sites for hydroxylation is 1. The maximum Gasteiger partial charge on any atom is 0.208 e. The predicted octanol–water partition coefficient (Wildman–Crippen LogP) is 5.37. The largest absolute Gasteiger partial charge is 0.453 e. The lowest BCUT2D eigenvalue weighted by Gasteiger charge is -2.00. The van der Waals surface area contributed by atoms with Gasteiger partial charge in [-0.1, -0.05) is 29.3 Å². The van der Waals surface area contributed by atoms with Gasteiger partial charge in [-0.05, 0) is 43.3 Å². The zero-order chi connectivity index (χ0) is 14.8. The Balaban J connectivity index is 1.74. The van der Waals surface area contributed by atoms with Crippen LogP contribution in [0.4, 0.5) is 0 Å². The first-order valence-electron chi connectivity index (χ1n) is 6.53. The third kappa shape index (κ3) is 3.31. The van der Waals surface area contributed by atoms with Crippen LogP contribution in [0.25, 0.3) is 11.0 Å². The van der Waals surface area contributed by atoms with E-state index in [0.717, 1.165) is 10.3 Å². The van der Waals surface area contributed by atoms with Gasteiger partial charge in [-0.25, -0.2) is 0 Å². The average molecular weight is 317 g/mol. The van der Waals surface area contributed by atoms with E-state index in [2.05, 4.69) is 6.07 Å². The van der Waals surface area contributed by atoms with Crippen molar-refractivity contribution in [1.82, 2.24) is 0 Å². The molecule has 0 N–H and O–H groups in total. The summed E-state index contributed by atoms with van der Waals surface area (Å²) in [6.07, 6.45) is 0. The fourth-order valence-corrected chi connectivity index (χ4v) is 3.14. The highest BCUT2D eigenvalue weighted by molar-refractivity contribution is 8.00. The highest BCUT2D eigenvalue weighted by atomic mass is 35.5. The van der Waals surface area contributed by atoms with Crippen LogP contribution in [-0.2, 0) is 0 Å². The predicted molar refractivity (Wildman–Crippen MR) is 87.5 cm³/mol. The molecule has 3 aromatic rings. The molecule has 4 heteroatoms. The van der Waals surface area contributed by atoms with Gasteiger partial charge in [-0.3, -0.25) is 4.79 Å². The van der Waals surface area contributed by atoms with Crippen LogP contribution in [-0.4, -0.2) is 11.5 Å². The molecule has 2 aromatic carbocycles. The van der Waals surface area contributed by atoms with Crippen molar-refractivity contribution in [2.45, 2.75) is 11.8 Å². The van der Waals surface area contributed by atoms with E-state index in [1.54, 1.807) is 24.3 Å². The quantitative estimate of drug-likeness (QED) is 0.479. The summed E-state index contributed by atoms with van der Waals surface area (Å²) in [5, 5.41) is 1.49. The monoisotopic (exact) mass is 316 g/mol. The summed E-state index contributed by atoms with van der Waals surface area (Å²) >= 11 is 7.45. The van der Waals surface area contributed by atoms with Crippen LogP contribution in [0.2, 0.25) is 5.02 Å². The molecule has 2 nitrogen and oxygen atoms in total. The third-order valence-corrected chi connectivity index (χ3v) is 4.34. The first-order valence-corrected chi connectivity index (χ1v) is 7.90. The van der Waals surface area contributed by atoms with Gasteiger partial charge < -0.3 is 4.42 Å². The van der Waals surface area contributed by atoms with Crippen LogP contribution in [0.15, 0.2) is 57.8 Å². The smallest absolute Gasteiger partial charge is 0.208 e. The second-order valence-electron chi connectivity index (χ2n) is 4.82. The van der Waals surface area contributed by atoms with E-state index in [-0.39, 0.29) is 5.78 Å². The highest BCUT2D eigenvalue weighted by Crippen LogP contribution is 2.25. The fourth-order valence-electron chi connectivity index (χ4n) is 2.08. The minimum Gasteiger partial charge on any atom is -0.453 e. The molecule has 0 aliphatic heterocycles. The minimum atomic E-state index is -0.0196. The fraction of sp³-hybridized carbons (Fsp3) is 0.118. The van der Waals surface area contributed by atoms with Crippen molar-refractivity contribution in [3.05, 3.63) is 64.9 Å². The van der Waals surface area contributed by atoms with Gasteiger partial charge in [-0.2, -0.15) is 0 Å². The van der Waals surface area contributed by atoms with Gasteiger partial charge in [0.15, 0.2) is 5.76 Å². The molecule has 0 unspecified atom stereocenters. The number of rotatable bonds is 4. The van der Waals surface area contributed by atoms with Crippen molar-refractivity contribution in [2.75, 3.05) is 5.75 Å². The lowest BCUT2D eigenvalue weighted by Crippen LogP contribution is -2.00. The van der Waals surface area contributed by atoms with E-state index in [1.807, 2.05) is 25.1 Å². The number of hydrogen-bond acceptors (Lipinski definition) is 3. The molecule has 106 valence electrons. The number of ketones is 1. The van der Waals surface area contributed by atoms with E-state index in [1.165, 1.54) is 17.3 Å². The lowest BCUT2D eigenvalue weighted by molar-refractivity contribution is 0.0994. The first kappa shape index (κ1) is 14.2. The summed E-state index contributed by atoms with van der Waals surface area (Å²) < 4.78 is 5.58. The molecule has 3 rings (SSSR count). The number of carbonyl (C=O) groups is 1. The van der Waals surface area contributed by atoms with Crippen molar-refractivity contribution in [3.63, 3.8) is 0 Å². The number of halogens is 1. The van der Waals surface area contributed by atoms with E-state index < -0.39 is 0 Å². The summed E-state index contributed by atoms with van der Waals surface area (Å²) in [6.45, 7) is 2.04. The standard InChI is InChI=1S/C17H13ClO2S/c1-11-3-2-4-14(7-11)21-10-15(19)17-9-12-8-13(18)5-6-16(12)20-17/h2-9H,10H2,1H3. The number of hydrogen-bond donors (Lipinski definition) is 0. The van der Waals surface area contributed by atoms with E-state index >= 15 is 0 Å². The van der Waals surface area contributed by atoms with Crippen molar-refractivity contribution >= 4 is 40.1 Å². The lowest BCUT2D eigenvalue weighted by atomic mass is 10.2. The Morgan fingerprint density at radius 1 is 1.19 bits per heavy atom. The Bertz CT molecular complexity index is 807. The van der Waals surface area contributed by atoms with Crippen LogP contribution in [0.3, 0.4) is 0 Å². The molecule has 0 radical (unpaired) electrons. The minimum absolute atomic E-state index is 0.0196. The Morgan fingerprint density at radius 3 is 2.86 bits per heavy atom. The zero-order valence-corrected chi connectivity index (χ0v) is 13.0. The van der Waals surface area contributed by atoms with E-state index in [9.17, 15) is 4.79 Å². The Labute approximate surface area is 132 Å². The molecule has 1 heterocycles. The Morgan fingerprint density at radius 2 is 2.05 bits per heavy atom. The van der Waals surface area contributed by atoms with Crippen molar-refractivity contribution in [2.24, 2.45) is 0 Å². The SMILES string of the molecule is Cc1cccc(SCC(=O)c2cc3cc(Cl)ccc3o2)c1. The summed E-state index contributed by atoms with van der Waals surface area (Å²) in [6, 6.07) is 15.2. The number of benzene rings is 2. The van der Waals surface area contributed by atoms with Gasteiger partial charge in [0.2, 0.25) is 5.78 Å². The van der Waals surface area contributed by atoms with Gasteiger partial charge in [-0.15, -0.1) is 11.8 Å². The van der Waals surface area contributed by atoms with Crippen LogP contribution in [0.5, 0.6) is 0 Å². The van der Waals surface area contributed by atoms with Gasteiger partial charge in [0.1, 0.15) is 5.58 Å². The number of carbonyl (C=O) groups excluding carboxylic acids is 1. The molecule has 0 amide bonds. The van der Waals surface area contributed by atoms with Crippen molar-refractivity contribution < 1.29 is 9.21 Å². The molecule has 21 heavy (non-hydrogen) atoms. The zero-order valence-electron chi connectivity index (χ0n) is 11.4. The molecular formula is C17H13ClO2S. The van der Waals surface area contributed by atoms with Gasteiger partial charge >= 0.3 is 0 Å². The molecule has 0 fully saturated rings. The summed E-state index contributed by atoms with van der Waals surface area (Å²) in [7, 11) is 0. The highest BCUT2D eigenvalue weighted by Gasteiger charge is 2.13.